The fourth-order valence-corrected chi connectivity index (χ4v) is 1.74. The highest BCUT2D eigenvalue weighted by molar-refractivity contribution is 5.75. The highest BCUT2D eigenvalue weighted by Crippen LogP contribution is 2.26. The second kappa shape index (κ2) is 8.25. The fraction of sp³-hybridized carbons (Fsp3) is 0.429. The number of nitrogens with zero attached hydrogens (tertiary/aromatic N) is 1. The lowest BCUT2D eigenvalue weighted by molar-refractivity contribution is -0.274. The minimum Gasteiger partial charge on any atom is -0.481 e. The van der Waals surface area contributed by atoms with Crippen LogP contribution in [0.25, 0.3) is 0 Å². The Labute approximate surface area is 130 Å². The van der Waals surface area contributed by atoms with Gasteiger partial charge in [-0.1, -0.05) is 18.2 Å². The molecule has 1 rings (SSSR count). The summed E-state index contributed by atoms with van der Waals surface area (Å²) < 4.78 is 40.8. The Hall–Kier alpha value is -2.45. The van der Waals surface area contributed by atoms with Crippen LogP contribution in [-0.4, -0.2) is 48.5 Å². The van der Waals surface area contributed by atoms with Crippen molar-refractivity contribution in [2.24, 2.45) is 0 Å². The lowest BCUT2D eigenvalue weighted by atomic mass is 10.1. The number of nitrogens with one attached hydrogen (secondary N) is 1. The summed E-state index contributed by atoms with van der Waals surface area (Å²) in [5.41, 5.74) is 0.304. The predicted octanol–water partition coefficient (Wildman–Crippen LogP) is 2.24. The first kappa shape index (κ1) is 18.6. The van der Waals surface area contributed by atoms with E-state index in [0.717, 1.165) is 0 Å². The minimum absolute atomic E-state index is 0.0366. The molecule has 2 N–H and O–H groups in total. The number of amides is 2. The third-order valence-corrected chi connectivity index (χ3v) is 2.88. The number of rotatable bonds is 7. The van der Waals surface area contributed by atoms with Gasteiger partial charge in [0.1, 0.15) is 5.75 Å². The summed E-state index contributed by atoms with van der Waals surface area (Å²) in [5.74, 6) is -1.34. The Balaban J connectivity index is 2.49. The van der Waals surface area contributed by atoms with Crippen LogP contribution in [0.15, 0.2) is 24.3 Å². The molecule has 0 unspecified atom stereocenters. The summed E-state index contributed by atoms with van der Waals surface area (Å²) >= 11 is 0. The Kier molecular flexibility index (Phi) is 6.67. The molecule has 0 saturated heterocycles. The molecular formula is C14H17F3N2O4. The zero-order valence-corrected chi connectivity index (χ0v) is 12.4. The molecule has 0 aliphatic heterocycles. The molecule has 0 aliphatic rings. The van der Waals surface area contributed by atoms with Crippen molar-refractivity contribution in [1.29, 1.82) is 0 Å². The first-order chi connectivity index (χ1) is 10.7. The van der Waals surface area contributed by atoms with E-state index in [-0.39, 0.29) is 31.7 Å². The van der Waals surface area contributed by atoms with Crippen LogP contribution in [0, 0.1) is 0 Å². The van der Waals surface area contributed by atoms with Gasteiger partial charge in [-0.3, -0.25) is 4.79 Å². The summed E-state index contributed by atoms with van der Waals surface area (Å²) in [6.07, 6.45) is -4.83. The number of hydrogen-bond acceptors (Lipinski definition) is 3. The van der Waals surface area contributed by atoms with Gasteiger partial charge in [0.25, 0.3) is 0 Å². The standard InChI is InChI=1S/C14H17F3N2O4/c1-19(9-7-12(20)21)13(22)18-8-6-10-4-2-3-5-11(10)23-14(15,16)17/h2-5H,6-9H2,1H3,(H,18,22)(H,20,21). The lowest BCUT2D eigenvalue weighted by Crippen LogP contribution is -2.39. The lowest BCUT2D eigenvalue weighted by Gasteiger charge is -2.17. The third-order valence-electron chi connectivity index (χ3n) is 2.88. The number of carbonyl (C=O) groups excluding carboxylic acids is 1. The van der Waals surface area contributed by atoms with Crippen molar-refractivity contribution in [3.05, 3.63) is 29.8 Å². The number of benzene rings is 1. The van der Waals surface area contributed by atoms with E-state index in [9.17, 15) is 22.8 Å². The molecule has 6 nitrogen and oxygen atoms in total. The Bertz CT molecular complexity index is 549. The number of alkyl halides is 3. The summed E-state index contributed by atoms with van der Waals surface area (Å²) in [5, 5.41) is 11.0. The summed E-state index contributed by atoms with van der Waals surface area (Å²) in [6, 6.07) is 5.16. The molecule has 0 atom stereocenters. The van der Waals surface area contributed by atoms with Crippen LogP contribution in [0.5, 0.6) is 5.75 Å². The molecule has 2 amide bonds. The molecule has 0 radical (unpaired) electrons. The number of aliphatic carboxylic acids is 1. The molecular weight excluding hydrogens is 317 g/mol. The number of halogens is 3. The molecule has 0 fully saturated rings. The monoisotopic (exact) mass is 334 g/mol. The zero-order valence-electron chi connectivity index (χ0n) is 12.4. The smallest absolute Gasteiger partial charge is 0.481 e. The van der Waals surface area contributed by atoms with Gasteiger partial charge < -0.3 is 20.1 Å². The van der Waals surface area contributed by atoms with Crippen LogP contribution in [0.3, 0.4) is 0 Å². The molecule has 0 bridgehead atoms. The highest BCUT2D eigenvalue weighted by atomic mass is 19.4. The van der Waals surface area contributed by atoms with E-state index in [1.807, 2.05) is 0 Å². The maximum Gasteiger partial charge on any atom is 0.573 e. The van der Waals surface area contributed by atoms with E-state index < -0.39 is 18.4 Å². The molecule has 23 heavy (non-hydrogen) atoms. The van der Waals surface area contributed by atoms with Crippen LogP contribution in [0.4, 0.5) is 18.0 Å². The van der Waals surface area contributed by atoms with Crippen molar-refractivity contribution in [3.63, 3.8) is 0 Å². The van der Waals surface area contributed by atoms with Crippen molar-refractivity contribution in [3.8, 4) is 5.75 Å². The minimum atomic E-state index is -4.78. The third kappa shape index (κ3) is 7.39. The molecule has 128 valence electrons. The van der Waals surface area contributed by atoms with Gasteiger partial charge in [-0.15, -0.1) is 13.2 Å². The van der Waals surface area contributed by atoms with Gasteiger partial charge in [-0.2, -0.15) is 0 Å². The molecule has 1 aromatic rings. The quantitative estimate of drug-likeness (QED) is 0.802. The van der Waals surface area contributed by atoms with Gasteiger partial charge in [0.2, 0.25) is 0 Å². The normalized spacial score (nSPS) is 11.0. The SMILES string of the molecule is CN(CCC(=O)O)C(=O)NCCc1ccccc1OC(F)(F)F. The van der Waals surface area contributed by atoms with E-state index in [2.05, 4.69) is 10.1 Å². The van der Waals surface area contributed by atoms with Crippen LogP contribution in [-0.2, 0) is 11.2 Å². The Morgan fingerprint density at radius 3 is 2.57 bits per heavy atom. The van der Waals surface area contributed by atoms with E-state index in [1.54, 1.807) is 6.07 Å². The zero-order chi connectivity index (χ0) is 17.5. The maximum absolute atomic E-state index is 12.3. The van der Waals surface area contributed by atoms with Crippen LogP contribution >= 0.6 is 0 Å². The first-order valence-electron chi connectivity index (χ1n) is 6.73. The number of carbonyl (C=O) groups is 2. The number of ether oxygens (including phenoxy) is 1. The van der Waals surface area contributed by atoms with Crippen LogP contribution in [0.1, 0.15) is 12.0 Å². The van der Waals surface area contributed by atoms with Gasteiger partial charge in [-0.25, -0.2) is 4.79 Å². The summed E-state index contributed by atoms with van der Waals surface area (Å²) in [4.78, 5) is 23.3. The van der Waals surface area contributed by atoms with Crippen molar-refractivity contribution < 1.29 is 32.6 Å². The van der Waals surface area contributed by atoms with Gasteiger partial charge >= 0.3 is 18.4 Å². The van der Waals surface area contributed by atoms with E-state index in [1.165, 1.54) is 30.1 Å². The number of urea groups is 1. The van der Waals surface area contributed by atoms with Gasteiger partial charge in [0.15, 0.2) is 0 Å². The van der Waals surface area contributed by atoms with Crippen molar-refractivity contribution >= 4 is 12.0 Å². The predicted molar refractivity (Wildman–Crippen MR) is 75.1 cm³/mol. The van der Waals surface area contributed by atoms with Crippen molar-refractivity contribution in [1.82, 2.24) is 10.2 Å². The molecule has 9 heteroatoms. The van der Waals surface area contributed by atoms with Gasteiger partial charge in [0, 0.05) is 20.1 Å². The number of carboxylic acids is 1. The molecule has 0 aliphatic carbocycles. The molecule has 0 aromatic heterocycles. The molecule has 0 spiro atoms. The summed E-state index contributed by atoms with van der Waals surface area (Å²) in [7, 11) is 1.43. The molecule has 0 saturated carbocycles. The number of para-hydroxylation sites is 1. The Morgan fingerprint density at radius 2 is 1.96 bits per heavy atom. The fourth-order valence-electron chi connectivity index (χ4n) is 1.74. The van der Waals surface area contributed by atoms with E-state index in [0.29, 0.717) is 5.56 Å². The van der Waals surface area contributed by atoms with Crippen LogP contribution < -0.4 is 10.1 Å². The highest BCUT2D eigenvalue weighted by Gasteiger charge is 2.31. The first-order valence-corrected chi connectivity index (χ1v) is 6.73. The summed E-state index contributed by atoms with van der Waals surface area (Å²) in [6.45, 7) is 0.128. The van der Waals surface area contributed by atoms with Crippen molar-refractivity contribution in [2.45, 2.75) is 19.2 Å². The van der Waals surface area contributed by atoms with Crippen molar-refractivity contribution in [2.75, 3.05) is 20.1 Å². The molecule has 0 heterocycles. The van der Waals surface area contributed by atoms with E-state index in [4.69, 9.17) is 5.11 Å². The largest absolute Gasteiger partial charge is 0.573 e. The Morgan fingerprint density at radius 1 is 1.30 bits per heavy atom. The number of hydrogen-bond donors (Lipinski definition) is 2. The van der Waals surface area contributed by atoms with Gasteiger partial charge in [0.05, 0.1) is 6.42 Å². The second-order valence-corrected chi connectivity index (χ2v) is 4.70. The van der Waals surface area contributed by atoms with Crippen LogP contribution in [0.2, 0.25) is 0 Å². The average Bonchev–Trinajstić information content (AvgIpc) is 2.44. The van der Waals surface area contributed by atoms with Gasteiger partial charge in [-0.05, 0) is 18.1 Å². The van der Waals surface area contributed by atoms with E-state index >= 15 is 0 Å². The average molecular weight is 334 g/mol. The maximum atomic E-state index is 12.3. The second-order valence-electron chi connectivity index (χ2n) is 4.70. The topological polar surface area (TPSA) is 78.9 Å². The number of carboxylic acid groups (broad SMARTS) is 1. The molecule has 1 aromatic carbocycles.